The van der Waals surface area contributed by atoms with E-state index < -0.39 is 62.9 Å². The summed E-state index contributed by atoms with van der Waals surface area (Å²) in [5, 5.41) is 16.3. The first kappa shape index (κ1) is 40.1. The predicted molar refractivity (Wildman–Crippen MR) is 200 cm³/mol. The molecule has 1 saturated heterocycles. The number of aromatic nitrogens is 1. The van der Waals surface area contributed by atoms with Gasteiger partial charge in [0.1, 0.15) is 17.9 Å². The molecular formula is C41H36F5N5O6. The average molecular weight is 790 g/mol. The Balaban J connectivity index is 1.34. The summed E-state index contributed by atoms with van der Waals surface area (Å²) in [6.45, 7) is 7.45. The van der Waals surface area contributed by atoms with Crippen LogP contribution in [0.4, 0.5) is 43.8 Å². The maximum absolute atomic E-state index is 14.5. The Kier molecular flexibility index (Phi) is 11.2. The molecule has 296 valence electrons. The maximum atomic E-state index is 14.5. The van der Waals surface area contributed by atoms with Crippen molar-refractivity contribution in [3.05, 3.63) is 156 Å². The maximum Gasteiger partial charge on any atom is 0.410 e. The van der Waals surface area contributed by atoms with Crippen LogP contribution in [0.15, 0.2) is 66.9 Å². The Bertz CT molecular complexity index is 2350. The summed E-state index contributed by atoms with van der Waals surface area (Å²) in [5.74, 6) is -13.5. The molecule has 1 aliphatic rings. The molecule has 0 radical (unpaired) electrons. The third-order valence-electron chi connectivity index (χ3n) is 10.3. The lowest BCUT2D eigenvalue weighted by Crippen LogP contribution is -2.46. The van der Waals surface area contributed by atoms with E-state index in [1.807, 2.05) is 42.5 Å². The van der Waals surface area contributed by atoms with Crippen molar-refractivity contribution < 1.29 is 46.0 Å². The van der Waals surface area contributed by atoms with Crippen molar-refractivity contribution in [1.82, 2.24) is 9.88 Å². The predicted octanol–water partition coefficient (Wildman–Crippen LogP) is 9.08. The van der Waals surface area contributed by atoms with Gasteiger partial charge in [-0.2, -0.15) is 0 Å². The highest BCUT2D eigenvalue weighted by Gasteiger charge is 2.41. The van der Waals surface area contributed by atoms with Gasteiger partial charge in [0, 0.05) is 35.9 Å². The number of halogens is 5. The number of carbonyl (C=O) groups excluding carboxylic acids is 3. The van der Waals surface area contributed by atoms with E-state index in [4.69, 9.17) is 4.74 Å². The van der Waals surface area contributed by atoms with Gasteiger partial charge in [-0.25, -0.2) is 26.7 Å². The number of aromatic amines is 1. The number of hydrogen-bond acceptors (Lipinski definition) is 6. The van der Waals surface area contributed by atoms with Crippen LogP contribution in [0.1, 0.15) is 72.6 Å². The molecule has 0 unspecified atom stereocenters. The summed E-state index contributed by atoms with van der Waals surface area (Å²) in [4.78, 5) is 54.1. The minimum Gasteiger partial charge on any atom is -0.445 e. The monoisotopic (exact) mass is 789 g/mol. The standard InChI is InChI=1S/C41H36F5N5O6/c1-21-14-26(15-22(2)36(21)48-38(52)29-18-28(19-47-29)51(55)56)41(10-12-50(13-11-41)40(54)57-20-25-8-6-5-7-9-25)27-16-23(3)37(24(4)17-27)49-39(53)30-31(42)33(44)35(46)34(45)32(30)43/h5-9,14-19,47H,10-13,20H2,1-4H3,(H,48,52)(H,49,53). The summed E-state index contributed by atoms with van der Waals surface area (Å²) < 4.78 is 76.3. The number of likely N-dealkylation sites (tertiary alicyclic amines) is 1. The number of piperidine rings is 1. The molecule has 11 nitrogen and oxygen atoms in total. The van der Waals surface area contributed by atoms with Crippen LogP contribution in [0.2, 0.25) is 0 Å². The van der Waals surface area contributed by atoms with E-state index in [0.717, 1.165) is 29.0 Å². The van der Waals surface area contributed by atoms with Gasteiger partial charge in [-0.1, -0.05) is 54.6 Å². The first-order valence-corrected chi connectivity index (χ1v) is 17.7. The number of amides is 3. The van der Waals surface area contributed by atoms with Crippen molar-refractivity contribution in [2.75, 3.05) is 23.7 Å². The van der Waals surface area contributed by atoms with Gasteiger partial charge >= 0.3 is 6.09 Å². The van der Waals surface area contributed by atoms with Crippen molar-refractivity contribution in [3.8, 4) is 0 Å². The third kappa shape index (κ3) is 7.79. The molecule has 3 amide bonds. The van der Waals surface area contributed by atoms with Gasteiger partial charge in [0.15, 0.2) is 23.3 Å². The van der Waals surface area contributed by atoms with Gasteiger partial charge < -0.3 is 25.3 Å². The Morgan fingerprint density at radius 1 is 0.754 bits per heavy atom. The third-order valence-corrected chi connectivity index (χ3v) is 10.3. The van der Waals surface area contributed by atoms with Crippen LogP contribution in [0.3, 0.4) is 0 Å². The molecule has 1 fully saturated rings. The Morgan fingerprint density at radius 3 is 1.70 bits per heavy atom. The Morgan fingerprint density at radius 2 is 1.23 bits per heavy atom. The molecule has 0 saturated carbocycles. The highest BCUT2D eigenvalue weighted by atomic mass is 19.2. The molecule has 3 N–H and O–H groups in total. The molecule has 0 atom stereocenters. The lowest BCUT2D eigenvalue weighted by Gasteiger charge is -2.43. The van der Waals surface area contributed by atoms with Gasteiger partial charge in [0.05, 0.1) is 11.1 Å². The zero-order valence-electron chi connectivity index (χ0n) is 31.1. The van der Waals surface area contributed by atoms with Crippen molar-refractivity contribution >= 4 is 35.0 Å². The molecule has 4 aromatic carbocycles. The number of nitrogens with zero attached hydrogens (tertiary/aromatic N) is 2. The van der Waals surface area contributed by atoms with Gasteiger partial charge in [-0.15, -0.1) is 0 Å². The van der Waals surface area contributed by atoms with E-state index in [0.29, 0.717) is 40.8 Å². The van der Waals surface area contributed by atoms with E-state index in [1.54, 1.807) is 44.7 Å². The summed E-state index contributed by atoms with van der Waals surface area (Å²) in [6, 6.07) is 17.6. The molecule has 2 heterocycles. The van der Waals surface area contributed by atoms with E-state index >= 15 is 0 Å². The van der Waals surface area contributed by atoms with Crippen molar-refractivity contribution in [2.24, 2.45) is 0 Å². The number of hydrogen-bond donors (Lipinski definition) is 3. The smallest absolute Gasteiger partial charge is 0.410 e. The van der Waals surface area contributed by atoms with E-state index in [9.17, 15) is 46.5 Å². The summed E-state index contributed by atoms with van der Waals surface area (Å²) in [5.41, 5.74) is 2.47. The molecule has 0 bridgehead atoms. The van der Waals surface area contributed by atoms with Gasteiger partial charge in [0.2, 0.25) is 5.82 Å². The van der Waals surface area contributed by atoms with Crippen LogP contribution in [0.25, 0.3) is 0 Å². The molecule has 0 aliphatic carbocycles. The lowest BCUT2D eigenvalue weighted by molar-refractivity contribution is -0.384. The Hall–Kier alpha value is -6.58. The Labute approximate surface area is 323 Å². The second-order valence-electron chi connectivity index (χ2n) is 14.0. The highest BCUT2D eigenvalue weighted by molar-refractivity contribution is 6.06. The fourth-order valence-corrected chi connectivity index (χ4v) is 7.28. The van der Waals surface area contributed by atoms with E-state index in [-0.39, 0.29) is 36.8 Å². The molecule has 16 heteroatoms. The quantitative estimate of drug-likeness (QED) is 0.0447. The minimum atomic E-state index is -2.38. The topological polar surface area (TPSA) is 147 Å². The summed E-state index contributed by atoms with van der Waals surface area (Å²) in [6.07, 6.45) is 1.39. The van der Waals surface area contributed by atoms with Gasteiger partial charge in [-0.05, 0) is 79.5 Å². The van der Waals surface area contributed by atoms with E-state index in [2.05, 4.69) is 15.6 Å². The second-order valence-corrected chi connectivity index (χ2v) is 14.0. The van der Waals surface area contributed by atoms with Crippen LogP contribution in [0.5, 0.6) is 0 Å². The number of nitrogens with one attached hydrogen (secondary N) is 3. The fraction of sp³-hybridized carbons (Fsp3) is 0.244. The number of aryl methyl sites for hydroxylation is 4. The summed E-state index contributed by atoms with van der Waals surface area (Å²) >= 11 is 0. The highest BCUT2D eigenvalue weighted by Crippen LogP contribution is 2.45. The second kappa shape index (κ2) is 15.9. The van der Waals surface area contributed by atoms with Crippen LogP contribution >= 0.6 is 0 Å². The molecule has 6 rings (SSSR count). The number of carbonyl (C=O) groups is 3. The summed E-state index contributed by atoms with van der Waals surface area (Å²) in [7, 11) is 0. The fourth-order valence-electron chi connectivity index (χ4n) is 7.28. The van der Waals surface area contributed by atoms with Crippen LogP contribution in [0, 0.1) is 66.9 Å². The van der Waals surface area contributed by atoms with Crippen LogP contribution in [-0.4, -0.2) is 45.8 Å². The number of rotatable bonds is 9. The van der Waals surface area contributed by atoms with Crippen molar-refractivity contribution in [3.63, 3.8) is 0 Å². The van der Waals surface area contributed by atoms with Crippen molar-refractivity contribution in [1.29, 1.82) is 0 Å². The van der Waals surface area contributed by atoms with E-state index in [1.165, 1.54) is 0 Å². The number of H-pyrrole nitrogens is 1. The van der Waals surface area contributed by atoms with Gasteiger partial charge in [-0.3, -0.25) is 19.7 Å². The molecule has 5 aromatic rings. The molecular weight excluding hydrogens is 753 g/mol. The largest absolute Gasteiger partial charge is 0.445 e. The number of ether oxygens (including phenoxy) is 1. The average Bonchev–Trinajstić information content (AvgIpc) is 3.70. The molecule has 0 spiro atoms. The van der Waals surface area contributed by atoms with Gasteiger partial charge in [0.25, 0.3) is 17.5 Å². The number of nitro groups is 1. The SMILES string of the molecule is Cc1cc(C2(c3cc(C)c(NC(=O)c4c(F)c(F)c(F)c(F)c4F)c(C)c3)CCN(C(=O)OCc3ccccc3)CC2)cc(C)c1NC(=O)c1cc([N+](=O)[O-])c[nH]1. The van der Waals surface area contributed by atoms with Crippen molar-refractivity contribution in [2.45, 2.75) is 52.6 Å². The van der Waals surface area contributed by atoms with Crippen LogP contribution in [-0.2, 0) is 16.8 Å². The number of anilines is 2. The normalized spacial score (nSPS) is 13.6. The lowest BCUT2D eigenvalue weighted by atomic mass is 9.67. The molecule has 1 aromatic heterocycles. The zero-order chi connectivity index (χ0) is 41.3. The first-order chi connectivity index (χ1) is 27.0. The molecule has 57 heavy (non-hydrogen) atoms. The first-order valence-electron chi connectivity index (χ1n) is 17.7. The zero-order valence-corrected chi connectivity index (χ0v) is 31.1. The minimum absolute atomic E-state index is 0.00845. The molecule has 1 aliphatic heterocycles. The number of benzene rings is 4. The van der Waals surface area contributed by atoms with Crippen LogP contribution < -0.4 is 10.6 Å².